The number of rotatable bonds is 12. The smallest absolute Gasteiger partial charge is 0.306 e. The summed E-state index contributed by atoms with van der Waals surface area (Å²) in [5.74, 6) is -0.595. The first kappa shape index (κ1) is 29.2. The van der Waals surface area contributed by atoms with Crippen LogP contribution in [0, 0.1) is 28.6 Å². The van der Waals surface area contributed by atoms with Gasteiger partial charge in [-0.2, -0.15) is 0 Å². The zero-order valence-electron chi connectivity index (χ0n) is 23.8. The Balaban J connectivity index is 1.33. The Kier molecular flexibility index (Phi) is 9.01. The van der Waals surface area contributed by atoms with E-state index < -0.39 is 29.4 Å². The molecule has 6 heteroatoms. The highest BCUT2D eigenvalue weighted by Crippen LogP contribution is 2.66. The van der Waals surface area contributed by atoms with Crippen LogP contribution in [0.15, 0.2) is 11.6 Å². The van der Waals surface area contributed by atoms with Crippen molar-refractivity contribution >= 4 is 23.3 Å². The number of allylic oxidation sites excluding steroid dienone is 1. The molecule has 0 aromatic heterocycles. The van der Waals surface area contributed by atoms with Gasteiger partial charge in [-0.1, -0.05) is 71.3 Å². The molecule has 0 saturated heterocycles. The van der Waals surface area contributed by atoms with Crippen molar-refractivity contribution in [2.24, 2.45) is 28.6 Å². The van der Waals surface area contributed by atoms with Crippen molar-refractivity contribution < 1.29 is 29.0 Å². The molecule has 0 amide bonds. The van der Waals surface area contributed by atoms with E-state index in [0.717, 1.165) is 37.7 Å². The van der Waals surface area contributed by atoms with Crippen LogP contribution in [0.25, 0.3) is 0 Å². The van der Waals surface area contributed by atoms with Gasteiger partial charge in [0.25, 0.3) is 0 Å². The highest BCUT2D eigenvalue weighted by molar-refractivity contribution is 5.95. The summed E-state index contributed by atoms with van der Waals surface area (Å²) in [6, 6.07) is 0. The molecule has 212 valence electrons. The standard InChI is InChI=1S/C32H48O6/c1-4-5-6-7-8-9-10-11-12-28(36)38-21-27(35)32(37)18-16-25-24-14-13-22-19-23(33)15-17-30(22,2)29(24)26(34)20-31(25,32)3/h19,24-25,29,37H,4-18,20-21H2,1-3H3/t24-,25-,29+,30-,31-,32-/m0/s1. The second kappa shape index (κ2) is 11.7. The molecule has 3 fully saturated rings. The molecule has 4 rings (SSSR count). The number of carbonyl (C=O) groups excluding carboxylic acids is 4. The van der Waals surface area contributed by atoms with E-state index in [1.54, 1.807) is 6.08 Å². The third kappa shape index (κ3) is 5.31. The van der Waals surface area contributed by atoms with E-state index in [4.69, 9.17) is 4.74 Å². The van der Waals surface area contributed by atoms with Gasteiger partial charge in [-0.3, -0.25) is 19.2 Å². The van der Waals surface area contributed by atoms with Gasteiger partial charge in [0.1, 0.15) is 11.4 Å². The van der Waals surface area contributed by atoms with Gasteiger partial charge in [-0.25, -0.2) is 0 Å². The second-order valence-corrected chi connectivity index (χ2v) is 13.1. The predicted octanol–water partition coefficient (Wildman–Crippen LogP) is 6.07. The van der Waals surface area contributed by atoms with Crippen LogP contribution in [0.1, 0.15) is 124 Å². The van der Waals surface area contributed by atoms with Crippen LogP contribution in [0.5, 0.6) is 0 Å². The Morgan fingerprint density at radius 2 is 1.66 bits per heavy atom. The second-order valence-electron chi connectivity index (χ2n) is 13.1. The van der Waals surface area contributed by atoms with E-state index in [-0.39, 0.29) is 41.2 Å². The van der Waals surface area contributed by atoms with Crippen LogP contribution < -0.4 is 0 Å². The summed E-state index contributed by atoms with van der Waals surface area (Å²) in [4.78, 5) is 51.4. The largest absolute Gasteiger partial charge is 0.458 e. The molecule has 0 aliphatic heterocycles. The first-order chi connectivity index (χ1) is 18.1. The van der Waals surface area contributed by atoms with Crippen LogP contribution in [-0.4, -0.2) is 40.6 Å². The van der Waals surface area contributed by atoms with Gasteiger partial charge in [-0.15, -0.1) is 0 Å². The topological polar surface area (TPSA) is 97.7 Å². The Morgan fingerprint density at radius 1 is 0.974 bits per heavy atom. The summed E-state index contributed by atoms with van der Waals surface area (Å²) in [6.45, 7) is 5.82. The molecule has 6 nitrogen and oxygen atoms in total. The number of unbranched alkanes of at least 4 members (excludes halogenated alkanes) is 7. The Labute approximate surface area is 228 Å². The number of fused-ring (bicyclic) bond motifs is 5. The number of esters is 1. The van der Waals surface area contributed by atoms with E-state index in [2.05, 4.69) is 13.8 Å². The number of hydrogen-bond donors (Lipinski definition) is 1. The van der Waals surface area contributed by atoms with Crippen molar-refractivity contribution in [2.45, 2.75) is 129 Å². The fourth-order valence-corrected chi connectivity index (χ4v) is 8.59. The SMILES string of the molecule is CCCCCCCCCCC(=O)OCC(=O)[C@@]1(O)CC[C@H]2[C@@H]3CCC4=CC(=O)CC[C@]4(C)[C@H]3C(=O)C[C@@]21C. The van der Waals surface area contributed by atoms with Crippen LogP contribution in [0.4, 0.5) is 0 Å². The van der Waals surface area contributed by atoms with Crippen molar-refractivity contribution in [3.8, 4) is 0 Å². The molecule has 0 spiro atoms. The van der Waals surface area contributed by atoms with Gasteiger partial charge < -0.3 is 9.84 Å². The average Bonchev–Trinajstić information content (AvgIpc) is 3.15. The number of carbonyl (C=O) groups is 4. The predicted molar refractivity (Wildman–Crippen MR) is 145 cm³/mol. The van der Waals surface area contributed by atoms with Crippen molar-refractivity contribution in [1.82, 2.24) is 0 Å². The van der Waals surface area contributed by atoms with Crippen molar-refractivity contribution in [3.63, 3.8) is 0 Å². The maximum absolute atomic E-state index is 13.7. The Bertz CT molecular complexity index is 967. The fraction of sp³-hybridized carbons (Fsp3) is 0.812. The Morgan fingerprint density at radius 3 is 2.37 bits per heavy atom. The third-order valence-corrected chi connectivity index (χ3v) is 10.9. The maximum Gasteiger partial charge on any atom is 0.306 e. The van der Waals surface area contributed by atoms with Crippen molar-refractivity contribution in [3.05, 3.63) is 11.6 Å². The Hall–Kier alpha value is -1.82. The summed E-state index contributed by atoms with van der Waals surface area (Å²) in [6.07, 6.45) is 15.1. The van der Waals surface area contributed by atoms with E-state index in [0.29, 0.717) is 32.1 Å². The van der Waals surface area contributed by atoms with Crippen molar-refractivity contribution in [1.29, 1.82) is 0 Å². The van der Waals surface area contributed by atoms with E-state index in [9.17, 15) is 24.3 Å². The number of ether oxygens (including phenoxy) is 1. The highest BCUT2D eigenvalue weighted by Gasteiger charge is 2.68. The van der Waals surface area contributed by atoms with E-state index in [1.807, 2.05) is 6.92 Å². The molecule has 0 aromatic rings. The summed E-state index contributed by atoms with van der Waals surface area (Å²) in [5.41, 5.74) is -1.70. The van der Waals surface area contributed by atoms with Gasteiger partial charge in [0.2, 0.25) is 5.78 Å². The zero-order chi connectivity index (χ0) is 27.6. The fourth-order valence-electron chi connectivity index (χ4n) is 8.59. The van der Waals surface area contributed by atoms with Gasteiger partial charge in [0.05, 0.1) is 0 Å². The van der Waals surface area contributed by atoms with Gasteiger partial charge in [0.15, 0.2) is 12.4 Å². The summed E-state index contributed by atoms with van der Waals surface area (Å²) < 4.78 is 5.32. The molecule has 0 radical (unpaired) electrons. The molecule has 0 aromatic carbocycles. The average molecular weight is 529 g/mol. The van der Waals surface area contributed by atoms with Gasteiger partial charge >= 0.3 is 5.97 Å². The normalized spacial score (nSPS) is 36.2. The molecule has 0 unspecified atom stereocenters. The van der Waals surface area contributed by atoms with Crippen molar-refractivity contribution in [2.75, 3.05) is 6.61 Å². The first-order valence-electron chi connectivity index (χ1n) is 15.2. The van der Waals surface area contributed by atoms with Gasteiger partial charge in [-0.05, 0) is 61.9 Å². The number of hydrogen-bond acceptors (Lipinski definition) is 6. The minimum Gasteiger partial charge on any atom is -0.458 e. The van der Waals surface area contributed by atoms with Gasteiger partial charge in [0, 0.05) is 30.6 Å². The quantitative estimate of drug-likeness (QED) is 0.244. The number of Topliss-reactive ketones (excluding diaryl/α,β-unsaturated/α-hetero) is 2. The minimum atomic E-state index is -1.66. The lowest BCUT2D eigenvalue weighted by Crippen LogP contribution is -2.61. The molecule has 4 aliphatic carbocycles. The zero-order valence-corrected chi connectivity index (χ0v) is 23.8. The molecule has 6 atom stereocenters. The molecular formula is C32H48O6. The highest BCUT2D eigenvalue weighted by atomic mass is 16.5. The number of aliphatic hydroxyl groups is 1. The summed E-state index contributed by atoms with van der Waals surface area (Å²) >= 11 is 0. The van der Waals surface area contributed by atoms with Crippen LogP contribution in [0.2, 0.25) is 0 Å². The molecular weight excluding hydrogens is 480 g/mol. The van der Waals surface area contributed by atoms with E-state index in [1.165, 1.54) is 32.1 Å². The molecule has 1 N–H and O–H groups in total. The number of ketones is 3. The monoisotopic (exact) mass is 528 g/mol. The van der Waals surface area contributed by atoms with Crippen LogP contribution >= 0.6 is 0 Å². The molecule has 0 bridgehead atoms. The van der Waals surface area contributed by atoms with Crippen LogP contribution in [-0.2, 0) is 23.9 Å². The molecule has 3 saturated carbocycles. The molecule has 38 heavy (non-hydrogen) atoms. The lowest BCUT2D eigenvalue weighted by molar-refractivity contribution is -0.173. The minimum absolute atomic E-state index is 0.0585. The van der Waals surface area contributed by atoms with E-state index >= 15 is 0 Å². The lowest BCUT2D eigenvalue weighted by Gasteiger charge is -2.57. The molecule has 0 heterocycles. The third-order valence-electron chi connectivity index (χ3n) is 10.9. The summed E-state index contributed by atoms with van der Waals surface area (Å²) in [7, 11) is 0. The lowest BCUT2D eigenvalue weighted by atomic mass is 9.46. The van der Waals surface area contributed by atoms with Crippen LogP contribution in [0.3, 0.4) is 0 Å². The molecule has 4 aliphatic rings. The first-order valence-corrected chi connectivity index (χ1v) is 15.2. The summed E-state index contributed by atoms with van der Waals surface area (Å²) in [5, 5.41) is 11.8. The maximum atomic E-state index is 13.7.